The van der Waals surface area contributed by atoms with Crippen LogP contribution in [0.3, 0.4) is 0 Å². The first-order chi connectivity index (χ1) is 14.0. The van der Waals surface area contributed by atoms with Gasteiger partial charge in [-0.2, -0.15) is 0 Å². The van der Waals surface area contributed by atoms with Gasteiger partial charge in [-0.25, -0.2) is 4.79 Å². The number of hydrogen-bond acceptors (Lipinski definition) is 4. The zero-order chi connectivity index (χ0) is 20.5. The minimum absolute atomic E-state index is 0.0555. The van der Waals surface area contributed by atoms with Gasteiger partial charge in [0.1, 0.15) is 5.58 Å². The van der Waals surface area contributed by atoms with E-state index in [1.54, 1.807) is 6.07 Å². The molecule has 1 unspecified atom stereocenters. The van der Waals surface area contributed by atoms with Crippen molar-refractivity contribution in [1.29, 1.82) is 0 Å². The number of carbonyl (C=O) groups is 2. The summed E-state index contributed by atoms with van der Waals surface area (Å²) in [5.74, 6) is 0.359. The standard InChI is InChI=1S/C24H25NO4/c1-15-8-9-21-20(12-15)16(2)22(29-21)23(26)25-11-10-17(14-25)13-18-6-4-5-7-19(18)24(27)28-3/h4-9,12,17H,10-11,13-14H2,1-3H3. The van der Waals surface area contributed by atoms with Gasteiger partial charge in [-0.1, -0.05) is 29.8 Å². The summed E-state index contributed by atoms with van der Waals surface area (Å²) in [5, 5.41) is 0.996. The molecule has 0 N–H and O–H groups in total. The molecular formula is C24H25NO4. The molecule has 3 aromatic rings. The summed E-state index contributed by atoms with van der Waals surface area (Å²) >= 11 is 0. The van der Waals surface area contributed by atoms with Crippen LogP contribution >= 0.6 is 0 Å². The lowest BCUT2D eigenvalue weighted by Gasteiger charge is -2.16. The maximum atomic E-state index is 13.1. The third kappa shape index (κ3) is 3.65. The number of ether oxygens (including phenoxy) is 1. The number of amides is 1. The normalized spacial score (nSPS) is 16.4. The predicted molar refractivity (Wildman–Crippen MR) is 111 cm³/mol. The third-order valence-electron chi connectivity index (χ3n) is 5.79. The number of methoxy groups -OCH3 is 1. The average molecular weight is 391 g/mol. The fraction of sp³-hybridized carbons (Fsp3) is 0.333. The third-order valence-corrected chi connectivity index (χ3v) is 5.79. The van der Waals surface area contributed by atoms with Crippen molar-refractivity contribution in [3.05, 3.63) is 70.5 Å². The molecule has 5 nitrogen and oxygen atoms in total. The molecule has 150 valence electrons. The van der Waals surface area contributed by atoms with Gasteiger partial charge in [0.05, 0.1) is 12.7 Å². The molecule has 0 saturated carbocycles. The molecule has 1 amide bonds. The van der Waals surface area contributed by atoms with Gasteiger partial charge in [-0.15, -0.1) is 0 Å². The lowest BCUT2D eigenvalue weighted by Crippen LogP contribution is -2.29. The molecule has 2 heterocycles. The summed E-state index contributed by atoms with van der Waals surface area (Å²) in [4.78, 5) is 27.0. The highest BCUT2D eigenvalue weighted by Crippen LogP contribution is 2.30. The van der Waals surface area contributed by atoms with Crippen LogP contribution in [0, 0.1) is 19.8 Å². The van der Waals surface area contributed by atoms with E-state index >= 15 is 0 Å². The van der Waals surface area contributed by atoms with E-state index in [-0.39, 0.29) is 11.9 Å². The predicted octanol–water partition coefficient (Wildman–Crippen LogP) is 4.54. The van der Waals surface area contributed by atoms with Crippen molar-refractivity contribution in [3.63, 3.8) is 0 Å². The van der Waals surface area contributed by atoms with E-state index in [4.69, 9.17) is 9.15 Å². The zero-order valence-corrected chi connectivity index (χ0v) is 17.0. The molecule has 0 aliphatic carbocycles. The summed E-state index contributed by atoms with van der Waals surface area (Å²) in [6.07, 6.45) is 1.65. The van der Waals surface area contributed by atoms with E-state index in [0.717, 1.165) is 40.5 Å². The molecule has 1 aliphatic rings. The maximum absolute atomic E-state index is 13.1. The Kier molecular flexibility index (Phi) is 5.14. The molecule has 0 spiro atoms. The van der Waals surface area contributed by atoms with Gasteiger partial charge in [0.25, 0.3) is 5.91 Å². The van der Waals surface area contributed by atoms with Crippen LogP contribution in [0.4, 0.5) is 0 Å². The second kappa shape index (κ2) is 7.74. The Morgan fingerprint density at radius 2 is 1.97 bits per heavy atom. The van der Waals surface area contributed by atoms with Crippen LogP contribution in [0.1, 0.15) is 44.0 Å². The highest BCUT2D eigenvalue weighted by molar-refractivity contribution is 5.99. The number of esters is 1. The van der Waals surface area contributed by atoms with Gasteiger partial charge in [0.2, 0.25) is 0 Å². The van der Waals surface area contributed by atoms with Crippen LogP contribution in [0.15, 0.2) is 46.9 Å². The Morgan fingerprint density at radius 3 is 2.76 bits per heavy atom. The van der Waals surface area contributed by atoms with Crippen LogP contribution in [-0.4, -0.2) is 37.0 Å². The van der Waals surface area contributed by atoms with Crippen molar-refractivity contribution in [1.82, 2.24) is 4.90 Å². The topological polar surface area (TPSA) is 59.8 Å². The minimum atomic E-state index is -0.320. The maximum Gasteiger partial charge on any atom is 0.338 e. The largest absolute Gasteiger partial charge is 0.465 e. The monoisotopic (exact) mass is 391 g/mol. The number of likely N-dealkylation sites (tertiary alicyclic amines) is 1. The highest BCUT2D eigenvalue weighted by atomic mass is 16.5. The van der Waals surface area contributed by atoms with E-state index in [2.05, 4.69) is 6.07 Å². The molecule has 5 heteroatoms. The van der Waals surface area contributed by atoms with E-state index < -0.39 is 0 Å². The second-order valence-corrected chi connectivity index (χ2v) is 7.81. The smallest absolute Gasteiger partial charge is 0.338 e. The van der Waals surface area contributed by atoms with Gasteiger partial charge in [-0.3, -0.25) is 4.79 Å². The number of aryl methyl sites for hydroxylation is 2. The van der Waals surface area contributed by atoms with Gasteiger partial charge >= 0.3 is 5.97 Å². The Hall–Kier alpha value is -3.08. The van der Waals surface area contributed by atoms with Crippen LogP contribution < -0.4 is 0 Å². The lowest BCUT2D eigenvalue weighted by molar-refractivity contribution is 0.0598. The van der Waals surface area contributed by atoms with Crippen molar-refractivity contribution in [2.24, 2.45) is 5.92 Å². The molecule has 29 heavy (non-hydrogen) atoms. The Morgan fingerprint density at radius 1 is 1.17 bits per heavy atom. The minimum Gasteiger partial charge on any atom is -0.465 e. The molecule has 1 atom stereocenters. The SMILES string of the molecule is COC(=O)c1ccccc1CC1CCN(C(=O)c2oc3ccc(C)cc3c2C)C1. The molecule has 2 aromatic carbocycles. The number of benzene rings is 2. The van der Waals surface area contributed by atoms with Crippen molar-refractivity contribution in [2.75, 3.05) is 20.2 Å². The zero-order valence-electron chi connectivity index (χ0n) is 17.0. The van der Waals surface area contributed by atoms with Crippen LogP contribution in [0.25, 0.3) is 11.0 Å². The van der Waals surface area contributed by atoms with E-state index in [1.807, 2.05) is 49.1 Å². The number of furan rings is 1. The van der Waals surface area contributed by atoms with Crippen LogP contribution in [-0.2, 0) is 11.2 Å². The van der Waals surface area contributed by atoms with Gasteiger partial charge < -0.3 is 14.1 Å². The van der Waals surface area contributed by atoms with Gasteiger partial charge in [0, 0.05) is 24.0 Å². The summed E-state index contributed by atoms with van der Waals surface area (Å²) in [7, 11) is 1.40. The van der Waals surface area contributed by atoms with Crippen molar-refractivity contribution in [2.45, 2.75) is 26.7 Å². The summed E-state index contributed by atoms with van der Waals surface area (Å²) < 4.78 is 10.8. The first kappa shape index (κ1) is 19.2. The molecule has 1 fully saturated rings. The lowest BCUT2D eigenvalue weighted by atomic mass is 9.95. The summed E-state index contributed by atoms with van der Waals surface area (Å²) in [5.41, 5.74) is 4.36. The van der Waals surface area contributed by atoms with Crippen molar-refractivity contribution >= 4 is 22.8 Å². The second-order valence-electron chi connectivity index (χ2n) is 7.81. The molecule has 1 saturated heterocycles. The number of rotatable bonds is 4. The van der Waals surface area contributed by atoms with Crippen LogP contribution in [0.2, 0.25) is 0 Å². The number of nitrogens with zero attached hydrogens (tertiary/aromatic N) is 1. The molecule has 1 aliphatic heterocycles. The van der Waals surface area contributed by atoms with E-state index in [9.17, 15) is 9.59 Å². The van der Waals surface area contributed by atoms with Gasteiger partial charge in [0.15, 0.2) is 5.76 Å². The molecule has 4 rings (SSSR count). The first-order valence-electron chi connectivity index (χ1n) is 9.93. The van der Waals surface area contributed by atoms with Gasteiger partial charge in [-0.05, 0) is 56.4 Å². The van der Waals surface area contributed by atoms with E-state index in [0.29, 0.717) is 30.3 Å². The Labute approximate surface area is 170 Å². The highest BCUT2D eigenvalue weighted by Gasteiger charge is 2.31. The molecule has 1 aromatic heterocycles. The number of carbonyl (C=O) groups excluding carboxylic acids is 2. The molecule has 0 bridgehead atoms. The number of fused-ring (bicyclic) bond motifs is 1. The van der Waals surface area contributed by atoms with Crippen LogP contribution in [0.5, 0.6) is 0 Å². The van der Waals surface area contributed by atoms with E-state index in [1.165, 1.54) is 7.11 Å². The Bertz CT molecular complexity index is 1080. The summed E-state index contributed by atoms with van der Waals surface area (Å²) in [6, 6.07) is 13.5. The number of hydrogen-bond donors (Lipinski definition) is 0. The van der Waals surface area contributed by atoms with Crippen molar-refractivity contribution < 1.29 is 18.7 Å². The molecule has 0 radical (unpaired) electrons. The fourth-order valence-corrected chi connectivity index (χ4v) is 4.18. The first-order valence-corrected chi connectivity index (χ1v) is 9.93. The summed E-state index contributed by atoms with van der Waals surface area (Å²) in [6.45, 7) is 5.33. The quantitative estimate of drug-likeness (QED) is 0.613. The Balaban J connectivity index is 1.50. The van der Waals surface area contributed by atoms with Crippen molar-refractivity contribution in [3.8, 4) is 0 Å². The average Bonchev–Trinajstić information content (AvgIpc) is 3.32. The molecular weight excluding hydrogens is 366 g/mol. The fourth-order valence-electron chi connectivity index (χ4n) is 4.18.